The van der Waals surface area contributed by atoms with Crippen molar-refractivity contribution in [1.29, 1.82) is 0 Å². The number of aliphatic hydroxyl groups excluding tert-OH is 1. The lowest BCUT2D eigenvalue weighted by Crippen LogP contribution is -2.60. The highest BCUT2D eigenvalue weighted by Crippen LogP contribution is 2.38. The molecule has 1 saturated heterocycles. The van der Waals surface area contributed by atoms with Crippen molar-refractivity contribution in [3.8, 4) is 0 Å². The number of ether oxygens (including phenoxy) is 1. The topological polar surface area (TPSA) is 59.0 Å². The molecule has 0 aromatic rings. The number of carbonyl (C=O) groups excluding carboxylic acids is 1. The predicted octanol–water partition coefficient (Wildman–Crippen LogP) is 2.66. The quantitative estimate of drug-likeness (QED) is 0.809. The van der Waals surface area contributed by atoms with Crippen LogP contribution in [0.5, 0.6) is 0 Å². The fourth-order valence-electron chi connectivity index (χ4n) is 2.91. The van der Waals surface area contributed by atoms with Crippen molar-refractivity contribution in [3.63, 3.8) is 0 Å². The average Bonchev–Trinajstić information content (AvgIpc) is 2.24. The summed E-state index contributed by atoms with van der Waals surface area (Å²) in [4.78, 5) is 18.0. The Morgan fingerprint density at radius 1 is 1.19 bits per heavy atom. The van der Waals surface area contributed by atoms with E-state index in [0.717, 1.165) is 19.3 Å². The first-order chi connectivity index (χ1) is 9.39. The molecule has 0 aromatic heterocycles. The first kappa shape index (κ1) is 18.4. The van der Waals surface area contributed by atoms with Crippen LogP contribution in [0.15, 0.2) is 0 Å². The largest absolute Gasteiger partial charge is 0.458 e. The maximum Gasteiger partial charge on any atom is 0.340 e. The summed E-state index contributed by atoms with van der Waals surface area (Å²) in [5.41, 5.74) is -0.963. The fourth-order valence-corrected chi connectivity index (χ4v) is 2.91. The Balaban J connectivity index is 2.85. The van der Waals surface area contributed by atoms with Crippen LogP contribution in [0.4, 0.5) is 0 Å². The lowest BCUT2D eigenvalue weighted by atomic mass is 9.82. The minimum atomic E-state index is -0.985. The van der Waals surface area contributed by atoms with Crippen LogP contribution in [0.1, 0.15) is 67.7 Å². The van der Waals surface area contributed by atoms with Gasteiger partial charge in [0.05, 0.1) is 6.61 Å². The summed E-state index contributed by atoms with van der Waals surface area (Å²) in [7, 11) is 0. The maximum absolute atomic E-state index is 12.2. The molecule has 1 aliphatic rings. The zero-order valence-corrected chi connectivity index (χ0v) is 14.5. The summed E-state index contributed by atoms with van der Waals surface area (Å²) in [6, 6.07) is 0. The van der Waals surface area contributed by atoms with E-state index in [0.29, 0.717) is 0 Å². The molecule has 0 spiro atoms. The molecular weight excluding hydrogens is 270 g/mol. The Kier molecular flexibility index (Phi) is 5.45. The monoisotopic (exact) mass is 301 g/mol. The van der Waals surface area contributed by atoms with Crippen LogP contribution in [-0.4, -0.2) is 45.5 Å². The van der Waals surface area contributed by atoms with Crippen molar-refractivity contribution in [3.05, 3.63) is 0 Å². The van der Waals surface area contributed by atoms with Crippen LogP contribution in [0.2, 0.25) is 0 Å². The van der Waals surface area contributed by atoms with Gasteiger partial charge in [-0.1, -0.05) is 0 Å². The molecule has 1 rings (SSSR count). The molecule has 1 heterocycles. The average molecular weight is 301 g/mol. The van der Waals surface area contributed by atoms with E-state index in [1.54, 1.807) is 20.8 Å². The SMILES string of the molecule is CC(C)(C)OC(=O)C(CO)ON1C(C)(C)CCCC1(C)C. The zero-order valence-electron chi connectivity index (χ0n) is 14.5. The third kappa shape index (κ3) is 4.94. The molecule has 1 atom stereocenters. The van der Waals surface area contributed by atoms with Gasteiger partial charge in [-0.15, -0.1) is 0 Å². The van der Waals surface area contributed by atoms with Crippen LogP contribution in [0.3, 0.4) is 0 Å². The Bertz CT molecular complexity index is 355. The van der Waals surface area contributed by atoms with Crippen LogP contribution < -0.4 is 0 Å². The summed E-state index contributed by atoms with van der Waals surface area (Å²) in [6.07, 6.45) is 2.11. The second-order valence-corrected chi connectivity index (χ2v) is 8.08. The summed E-state index contributed by atoms with van der Waals surface area (Å²) < 4.78 is 5.32. The molecule has 0 aliphatic carbocycles. The minimum Gasteiger partial charge on any atom is -0.458 e. The van der Waals surface area contributed by atoms with Gasteiger partial charge in [0.2, 0.25) is 0 Å². The fraction of sp³-hybridized carbons (Fsp3) is 0.938. The highest BCUT2D eigenvalue weighted by Gasteiger charge is 2.44. The van der Waals surface area contributed by atoms with Gasteiger partial charge in [-0.2, -0.15) is 5.06 Å². The summed E-state index contributed by atoms with van der Waals surface area (Å²) in [5.74, 6) is -0.526. The molecule has 5 heteroatoms. The van der Waals surface area contributed by atoms with Crippen LogP contribution in [-0.2, 0) is 14.4 Å². The number of nitrogens with zero attached hydrogens (tertiary/aromatic N) is 1. The number of aliphatic hydroxyl groups is 1. The van der Waals surface area contributed by atoms with E-state index in [-0.39, 0.29) is 11.1 Å². The lowest BCUT2D eigenvalue weighted by molar-refractivity contribution is -0.307. The van der Waals surface area contributed by atoms with Gasteiger partial charge in [0.15, 0.2) is 6.10 Å². The molecule has 124 valence electrons. The Morgan fingerprint density at radius 3 is 2.05 bits per heavy atom. The molecule has 1 N–H and O–H groups in total. The second-order valence-electron chi connectivity index (χ2n) is 8.08. The summed E-state index contributed by atoms with van der Waals surface area (Å²) in [5, 5.41) is 11.4. The second kappa shape index (κ2) is 6.23. The van der Waals surface area contributed by atoms with E-state index in [9.17, 15) is 9.90 Å². The van der Waals surface area contributed by atoms with Gasteiger partial charge in [-0.3, -0.25) is 4.84 Å². The number of rotatable bonds is 4. The number of hydrogen-bond acceptors (Lipinski definition) is 5. The molecule has 5 nitrogen and oxygen atoms in total. The molecule has 0 bridgehead atoms. The van der Waals surface area contributed by atoms with E-state index < -0.39 is 24.3 Å². The standard InChI is InChI=1S/C16H31NO4/c1-14(2,3)20-13(19)12(11-18)21-17-15(4,5)9-8-10-16(17,6)7/h12,18H,8-11H2,1-7H3. The molecule has 0 radical (unpaired) electrons. The molecule has 0 aromatic carbocycles. The Labute approximate surface area is 128 Å². The van der Waals surface area contributed by atoms with E-state index in [4.69, 9.17) is 9.57 Å². The lowest BCUT2D eigenvalue weighted by Gasteiger charge is -2.52. The van der Waals surface area contributed by atoms with Gasteiger partial charge in [-0.25, -0.2) is 4.79 Å². The van der Waals surface area contributed by atoms with Crippen LogP contribution >= 0.6 is 0 Å². The van der Waals surface area contributed by atoms with Gasteiger partial charge in [0.1, 0.15) is 5.60 Å². The third-order valence-electron chi connectivity index (χ3n) is 3.74. The summed E-state index contributed by atoms with van der Waals surface area (Å²) in [6.45, 7) is 13.4. The maximum atomic E-state index is 12.2. The van der Waals surface area contributed by atoms with E-state index in [2.05, 4.69) is 27.7 Å². The number of esters is 1. The molecule has 0 amide bonds. The van der Waals surface area contributed by atoms with Gasteiger partial charge in [0, 0.05) is 11.1 Å². The van der Waals surface area contributed by atoms with Crippen molar-refractivity contribution < 1.29 is 19.5 Å². The Morgan fingerprint density at radius 2 is 1.67 bits per heavy atom. The highest BCUT2D eigenvalue weighted by molar-refractivity contribution is 5.75. The van der Waals surface area contributed by atoms with Crippen molar-refractivity contribution in [1.82, 2.24) is 5.06 Å². The first-order valence-electron chi connectivity index (χ1n) is 7.70. The van der Waals surface area contributed by atoms with Gasteiger partial charge < -0.3 is 9.84 Å². The zero-order chi connectivity index (χ0) is 16.5. The van der Waals surface area contributed by atoms with E-state index >= 15 is 0 Å². The smallest absolute Gasteiger partial charge is 0.340 e. The summed E-state index contributed by atoms with van der Waals surface area (Å²) >= 11 is 0. The number of hydrogen-bond donors (Lipinski definition) is 1. The van der Waals surface area contributed by atoms with Crippen LogP contribution in [0, 0.1) is 0 Å². The van der Waals surface area contributed by atoms with Gasteiger partial charge in [0.25, 0.3) is 0 Å². The molecule has 0 saturated carbocycles. The van der Waals surface area contributed by atoms with E-state index in [1.807, 2.05) is 5.06 Å². The normalized spacial score (nSPS) is 23.6. The van der Waals surface area contributed by atoms with Crippen molar-refractivity contribution in [2.45, 2.75) is 90.5 Å². The van der Waals surface area contributed by atoms with Gasteiger partial charge in [-0.05, 0) is 67.7 Å². The predicted molar refractivity (Wildman–Crippen MR) is 81.7 cm³/mol. The molecule has 21 heavy (non-hydrogen) atoms. The van der Waals surface area contributed by atoms with E-state index in [1.165, 1.54) is 0 Å². The first-order valence-corrected chi connectivity index (χ1v) is 7.70. The number of piperidine rings is 1. The highest BCUT2D eigenvalue weighted by atomic mass is 16.7. The third-order valence-corrected chi connectivity index (χ3v) is 3.74. The minimum absolute atomic E-state index is 0.183. The molecule has 1 aliphatic heterocycles. The van der Waals surface area contributed by atoms with Crippen molar-refractivity contribution in [2.75, 3.05) is 6.61 Å². The number of hydroxylamine groups is 2. The van der Waals surface area contributed by atoms with Crippen molar-refractivity contribution in [2.24, 2.45) is 0 Å². The molecular formula is C16H31NO4. The number of carbonyl (C=O) groups is 1. The van der Waals surface area contributed by atoms with Crippen LogP contribution in [0.25, 0.3) is 0 Å². The van der Waals surface area contributed by atoms with Crippen molar-refractivity contribution >= 4 is 5.97 Å². The Hall–Kier alpha value is -0.650. The molecule has 1 unspecified atom stereocenters. The molecule has 1 fully saturated rings. The van der Waals surface area contributed by atoms with Gasteiger partial charge >= 0.3 is 5.97 Å².